The number of piperidine rings is 1. The molecule has 124 valence electrons. The van der Waals surface area contributed by atoms with Crippen LogP contribution in [0, 0.1) is 10.1 Å². The molecule has 1 aromatic rings. The Morgan fingerprint density at radius 2 is 1.91 bits per heavy atom. The molecule has 0 aliphatic carbocycles. The summed E-state index contributed by atoms with van der Waals surface area (Å²) in [6.45, 7) is -0.283. The Morgan fingerprint density at radius 1 is 1.30 bits per heavy atom. The number of benzene rings is 1. The number of β-amino-alcohol motifs (C(OH)–C–C–N with tert-alkyl or cyclic N) is 1. The van der Waals surface area contributed by atoms with E-state index in [2.05, 4.69) is 0 Å². The smallest absolute Gasteiger partial charge is 0.408 e. The van der Waals surface area contributed by atoms with Crippen LogP contribution in [0.15, 0.2) is 24.3 Å². The predicted molar refractivity (Wildman–Crippen MR) is 77.1 cm³/mol. The molecule has 0 aromatic heterocycles. The van der Waals surface area contributed by atoms with Crippen molar-refractivity contribution in [3.63, 3.8) is 0 Å². The van der Waals surface area contributed by atoms with E-state index in [0.717, 1.165) is 4.90 Å². The second kappa shape index (κ2) is 6.21. The summed E-state index contributed by atoms with van der Waals surface area (Å²) in [6.07, 6.45) is -2.32. The van der Waals surface area contributed by atoms with Gasteiger partial charge in [0.25, 0.3) is 5.69 Å². The number of hydrogen-bond acceptors (Lipinski definition) is 5. The van der Waals surface area contributed by atoms with E-state index in [1.165, 1.54) is 24.3 Å². The van der Waals surface area contributed by atoms with Gasteiger partial charge in [-0.25, -0.2) is 9.59 Å². The lowest BCUT2D eigenvalue weighted by molar-refractivity contribution is -0.384. The summed E-state index contributed by atoms with van der Waals surface area (Å²) in [5.74, 6) is -1.30. The molecule has 3 N–H and O–H groups in total. The molecule has 9 nitrogen and oxygen atoms in total. The molecule has 0 bridgehead atoms. The van der Waals surface area contributed by atoms with Gasteiger partial charge < -0.3 is 15.3 Å². The van der Waals surface area contributed by atoms with E-state index in [1.807, 2.05) is 0 Å². The topological polar surface area (TPSA) is 141 Å². The molecule has 1 aromatic carbocycles. The van der Waals surface area contributed by atoms with Gasteiger partial charge in [-0.1, -0.05) is 12.1 Å². The first-order chi connectivity index (χ1) is 10.8. The Hall–Kier alpha value is -2.68. The van der Waals surface area contributed by atoms with Gasteiger partial charge in [0.15, 0.2) is 0 Å². The minimum atomic E-state index is -1.69. The molecule has 1 aliphatic heterocycles. The number of nitrogens with zero attached hydrogens (tertiary/aromatic N) is 2. The van der Waals surface area contributed by atoms with Crippen LogP contribution in [0.2, 0.25) is 0 Å². The average Bonchev–Trinajstić information content (AvgIpc) is 2.49. The van der Waals surface area contributed by atoms with E-state index in [9.17, 15) is 35.0 Å². The van der Waals surface area contributed by atoms with Crippen molar-refractivity contribution in [3.8, 4) is 0 Å². The molecule has 1 saturated heterocycles. The Balaban J connectivity index is 2.34. The Kier molecular flexibility index (Phi) is 4.50. The molecule has 0 unspecified atom stereocenters. The first-order valence-electron chi connectivity index (χ1n) is 6.91. The zero-order valence-electron chi connectivity index (χ0n) is 12.1. The maximum atomic E-state index is 11.8. The number of hydrogen-bond donors (Lipinski definition) is 3. The molecule has 2 atom stereocenters. The molecule has 0 saturated carbocycles. The van der Waals surface area contributed by atoms with Gasteiger partial charge in [-0.3, -0.25) is 15.0 Å². The molecule has 1 amide bonds. The van der Waals surface area contributed by atoms with E-state index >= 15 is 0 Å². The Morgan fingerprint density at radius 3 is 2.39 bits per heavy atom. The average molecular weight is 324 g/mol. The summed E-state index contributed by atoms with van der Waals surface area (Å²) in [4.78, 5) is 34.0. The summed E-state index contributed by atoms with van der Waals surface area (Å²) in [7, 11) is 0. The molecule has 9 heteroatoms. The van der Waals surface area contributed by atoms with Crippen LogP contribution < -0.4 is 0 Å². The maximum Gasteiger partial charge on any atom is 0.408 e. The van der Waals surface area contributed by atoms with E-state index in [0.29, 0.717) is 5.56 Å². The number of carbonyl (C=O) groups is 2. The number of non-ortho nitro benzene ring substituents is 1. The number of amides is 1. The predicted octanol–water partition coefficient (Wildman–Crippen LogP) is 1.10. The normalized spacial score (nSPS) is 24.2. The number of likely N-dealkylation sites (tertiary alicyclic amines) is 1. The minimum absolute atomic E-state index is 0.0349. The lowest BCUT2D eigenvalue weighted by Crippen LogP contribution is -2.63. The van der Waals surface area contributed by atoms with E-state index < -0.39 is 28.6 Å². The third-order valence-corrected chi connectivity index (χ3v) is 4.07. The minimum Gasteiger partial charge on any atom is -0.479 e. The highest BCUT2D eigenvalue weighted by atomic mass is 16.6. The second-order valence-corrected chi connectivity index (χ2v) is 5.52. The van der Waals surface area contributed by atoms with Crippen molar-refractivity contribution in [1.29, 1.82) is 0 Å². The number of nitro benzene ring substituents is 1. The molecular formula is C14H16N2O7. The fraction of sp³-hybridized carbons (Fsp3) is 0.429. The fourth-order valence-corrected chi connectivity index (χ4v) is 2.83. The number of rotatable bonds is 4. The third kappa shape index (κ3) is 3.24. The zero-order valence-corrected chi connectivity index (χ0v) is 12.1. The molecule has 23 heavy (non-hydrogen) atoms. The zero-order chi connectivity index (χ0) is 17.2. The van der Waals surface area contributed by atoms with Crippen molar-refractivity contribution in [1.82, 2.24) is 4.90 Å². The van der Waals surface area contributed by atoms with Gasteiger partial charge in [-0.2, -0.15) is 0 Å². The van der Waals surface area contributed by atoms with Crippen LogP contribution in [0.3, 0.4) is 0 Å². The van der Waals surface area contributed by atoms with Gasteiger partial charge in [-0.05, 0) is 18.4 Å². The Bertz CT molecular complexity index is 631. The van der Waals surface area contributed by atoms with Crippen LogP contribution in [0.5, 0.6) is 0 Å². The van der Waals surface area contributed by atoms with Crippen LogP contribution in [0.1, 0.15) is 18.4 Å². The van der Waals surface area contributed by atoms with Crippen LogP contribution in [-0.2, 0) is 11.2 Å². The van der Waals surface area contributed by atoms with Crippen molar-refractivity contribution in [2.75, 3.05) is 6.54 Å². The van der Waals surface area contributed by atoms with Gasteiger partial charge in [0.05, 0.1) is 17.6 Å². The number of carboxylic acid groups (broad SMARTS) is 2. The highest BCUT2D eigenvalue weighted by molar-refractivity contribution is 5.84. The first kappa shape index (κ1) is 16.7. The third-order valence-electron chi connectivity index (χ3n) is 4.07. The highest BCUT2D eigenvalue weighted by Gasteiger charge is 2.50. The number of aliphatic hydroxyl groups excluding tert-OH is 1. The highest BCUT2D eigenvalue weighted by Crippen LogP contribution is 2.33. The van der Waals surface area contributed by atoms with Gasteiger partial charge in [0, 0.05) is 18.6 Å². The van der Waals surface area contributed by atoms with Crippen molar-refractivity contribution in [3.05, 3.63) is 39.9 Å². The molecule has 1 fully saturated rings. The van der Waals surface area contributed by atoms with Crippen molar-refractivity contribution in [2.45, 2.75) is 30.9 Å². The monoisotopic (exact) mass is 324 g/mol. The standard InChI is InChI=1S/C14H16N2O7/c17-11-5-6-14(12(18)19,15(8-11)13(20)21)7-9-1-3-10(4-2-9)16(22)23/h1-4,11,17H,5-8H2,(H,18,19)(H,20,21)/t11-,14+/m0/s1. The summed E-state index contributed by atoms with van der Waals surface area (Å²) in [6, 6.07) is 5.31. The molecule has 2 rings (SSSR count). The van der Waals surface area contributed by atoms with Gasteiger partial charge >= 0.3 is 12.1 Å². The fourth-order valence-electron chi connectivity index (χ4n) is 2.83. The van der Waals surface area contributed by atoms with Crippen LogP contribution in [0.25, 0.3) is 0 Å². The molecular weight excluding hydrogens is 308 g/mol. The SMILES string of the molecule is O=C(O)N1C[C@@H](O)CC[C@@]1(Cc1ccc([N+](=O)[O-])cc1)C(=O)O. The number of aliphatic hydroxyl groups is 1. The lowest BCUT2D eigenvalue weighted by atomic mass is 9.80. The summed E-state index contributed by atoms with van der Waals surface area (Å²) in [5.41, 5.74) is -1.35. The second-order valence-electron chi connectivity index (χ2n) is 5.52. The number of nitro groups is 1. The number of aliphatic carboxylic acids is 1. The molecule has 1 heterocycles. The Labute approximate surface area is 130 Å². The van der Waals surface area contributed by atoms with E-state index in [4.69, 9.17) is 0 Å². The van der Waals surface area contributed by atoms with Crippen LogP contribution in [-0.4, -0.2) is 55.4 Å². The van der Waals surface area contributed by atoms with Gasteiger partial charge in [0.2, 0.25) is 0 Å². The van der Waals surface area contributed by atoms with Crippen molar-refractivity contribution >= 4 is 17.7 Å². The van der Waals surface area contributed by atoms with Crippen molar-refractivity contribution in [2.24, 2.45) is 0 Å². The maximum absolute atomic E-state index is 11.8. The molecule has 0 spiro atoms. The summed E-state index contributed by atoms with van der Waals surface area (Å²) >= 11 is 0. The van der Waals surface area contributed by atoms with Crippen LogP contribution >= 0.6 is 0 Å². The summed E-state index contributed by atoms with van der Waals surface area (Å²) < 4.78 is 0. The number of carboxylic acids is 1. The van der Waals surface area contributed by atoms with Crippen molar-refractivity contribution < 1.29 is 29.8 Å². The molecule has 0 radical (unpaired) electrons. The van der Waals surface area contributed by atoms with Gasteiger partial charge in [-0.15, -0.1) is 0 Å². The first-order valence-corrected chi connectivity index (χ1v) is 6.91. The van der Waals surface area contributed by atoms with E-state index in [-0.39, 0.29) is 31.5 Å². The lowest BCUT2D eigenvalue weighted by Gasteiger charge is -2.44. The van der Waals surface area contributed by atoms with Gasteiger partial charge in [0.1, 0.15) is 5.54 Å². The largest absolute Gasteiger partial charge is 0.479 e. The summed E-state index contributed by atoms with van der Waals surface area (Å²) in [5, 5.41) is 39.2. The van der Waals surface area contributed by atoms with Crippen LogP contribution in [0.4, 0.5) is 10.5 Å². The molecule has 1 aliphatic rings. The van der Waals surface area contributed by atoms with E-state index in [1.54, 1.807) is 0 Å². The quantitative estimate of drug-likeness (QED) is 0.556.